The third-order valence-corrected chi connectivity index (χ3v) is 6.99. The molecule has 3 aromatic carbocycles. The van der Waals surface area contributed by atoms with Crippen molar-refractivity contribution in [1.82, 2.24) is 4.98 Å². The van der Waals surface area contributed by atoms with E-state index in [1.165, 1.54) is 35.2 Å². The van der Waals surface area contributed by atoms with E-state index < -0.39 is 17.1 Å². The number of amides is 2. The summed E-state index contributed by atoms with van der Waals surface area (Å²) in [5.41, 5.74) is 2.68. The average Bonchev–Trinajstić information content (AvgIpc) is 3.36. The van der Waals surface area contributed by atoms with E-state index in [-0.39, 0.29) is 11.7 Å². The van der Waals surface area contributed by atoms with Gasteiger partial charge in [0.25, 0.3) is 0 Å². The number of halogens is 1. The first-order valence-electron chi connectivity index (χ1n) is 10.9. The average molecular weight is 534 g/mol. The highest BCUT2D eigenvalue weighted by molar-refractivity contribution is 8.00. The summed E-state index contributed by atoms with van der Waals surface area (Å²) in [5, 5.41) is 15.7. The topological polar surface area (TPSA) is 108 Å². The highest BCUT2D eigenvalue weighted by atomic mass is 32.2. The van der Waals surface area contributed by atoms with Crippen LogP contribution in [-0.4, -0.2) is 27.9 Å². The Bertz CT molecular complexity index is 1420. The number of thioether (sulfide) groups is 1. The van der Waals surface area contributed by atoms with Crippen molar-refractivity contribution in [2.75, 3.05) is 10.6 Å². The monoisotopic (exact) mass is 533 g/mol. The largest absolute Gasteiger partial charge is 0.478 e. The summed E-state index contributed by atoms with van der Waals surface area (Å²) >= 11 is 2.62. The molecule has 3 N–H and O–H groups in total. The fraction of sp³-hybridized carbons (Fsp3) is 0.0370. The van der Waals surface area contributed by atoms with Gasteiger partial charge < -0.3 is 15.7 Å². The Kier molecular flexibility index (Phi) is 8.44. The van der Waals surface area contributed by atoms with Gasteiger partial charge >= 0.3 is 5.97 Å². The molecular formula is C27H20FN3O4S2. The quantitative estimate of drug-likeness (QED) is 0.180. The van der Waals surface area contributed by atoms with Gasteiger partial charge in [-0.15, -0.1) is 23.1 Å². The molecule has 37 heavy (non-hydrogen) atoms. The van der Waals surface area contributed by atoms with Crippen LogP contribution >= 0.6 is 23.1 Å². The number of aromatic nitrogens is 1. The molecule has 0 saturated carbocycles. The lowest BCUT2D eigenvalue weighted by atomic mass is 10.1. The standard InChI is InChI=1S/C27H20FN3O4S2/c28-19-8-6-17(7-9-19)22-16-36-27(30-22)31-26(35)25(18-4-2-1-3-5-18)37-21-12-10-20(11-13-21)29-23(32)14-15-24(33)34/h1-16,25H,(H,29,32)(H,33,34)(H,30,31,35)/b15-14+. The van der Waals surface area contributed by atoms with Crippen LogP contribution in [0.2, 0.25) is 0 Å². The van der Waals surface area contributed by atoms with Crippen molar-refractivity contribution in [2.24, 2.45) is 0 Å². The summed E-state index contributed by atoms with van der Waals surface area (Å²) in [6.07, 6.45) is 1.69. The predicted octanol–water partition coefficient (Wildman–Crippen LogP) is 6.00. The normalized spacial score (nSPS) is 11.7. The van der Waals surface area contributed by atoms with Gasteiger partial charge in [-0.1, -0.05) is 30.3 Å². The van der Waals surface area contributed by atoms with E-state index in [2.05, 4.69) is 15.6 Å². The molecule has 10 heteroatoms. The lowest BCUT2D eigenvalue weighted by Crippen LogP contribution is -2.19. The number of anilines is 2. The van der Waals surface area contributed by atoms with E-state index in [9.17, 15) is 18.8 Å². The van der Waals surface area contributed by atoms with Crippen molar-refractivity contribution in [3.05, 3.63) is 108 Å². The Morgan fingerprint density at radius 3 is 2.30 bits per heavy atom. The molecule has 7 nitrogen and oxygen atoms in total. The molecule has 1 heterocycles. The Morgan fingerprint density at radius 2 is 1.62 bits per heavy atom. The van der Waals surface area contributed by atoms with Crippen LogP contribution in [-0.2, 0) is 14.4 Å². The highest BCUT2D eigenvalue weighted by Crippen LogP contribution is 2.37. The van der Waals surface area contributed by atoms with Gasteiger partial charge in [0.1, 0.15) is 11.1 Å². The first-order chi connectivity index (χ1) is 17.9. The van der Waals surface area contributed by atoms with Gasteiger partial charge in [0.2, 0.25) is 11.8 Å². The molecule has 0 aliphatic rings. The summed E-state index contributed by atoms with van der Waals surface area (Å²) in [6, 6.07) is 22.2. The predicted molar refractivity (Wildman–Crippen MR) is 143 cm³/mol. The molecule has 0 fully saturated rings. The minimum Gasteiger partial charge on any atom is -0.478 e. The number of rotatable bonds is 9. The van der Waals surface area contributed by atoms with E-state index in [0.717, 1.165) is 28.2 Å². The van der Waals surface area contributed by atoms with E-state index in [1.807, 2.05) is 30.3 Å². The SMILES string of the molecule is O=C(O)/C=C/C(=O)Nc1ccc(SC(C(=O)Nc2nc(-c3ccc(F)cc3)cs2)c2ccccc2)cc1. The number of benzene rings is 3. The van der Waals surface area contributed by atoms with Crippen molar-refractivity contribution < 1.29 is 23.9 Å². The van der Waals surface area contributed by atoms with E-state index in [0.29, 0.717) is 16.5 Å². The number of thiazole rings is 1. The lowest BCUT2D eigenvalue weighted by Gasteiger charge is -2.16. The number of hydrogen-bond acceptors (Lipinski definition) is 6. The molecule has 4 aromatic rings. The third kappa shape index (κ3) is 7.35. The van der Waals surface area contributed by atoms with Crippen LogP contribution in [0.3, 0.4) is 0 Å². The van der Waals surface area contributed by atoms with Gasteiger partial charge in [-0.2, -0.15) is 0 Å². The van der Waals surface area contributed by atoms with Crippen molar-refractivity contribution >= 4 is 51.7 Å². The summed E-state index contributed by atoms with van der Waals surface area (Å²) in [4.78, 5) is 40.9. The smallest absolute Gasteiger partial charge is 0.328 e. The first-order valence-corrected chi connectivity index (χ1v) is 12.7. The molecule has 0 bridgehead atoms. The zero-order chi connectivity index (χ0) is 26.2. The summed E-state index contributed by atoms with van der Waals surface area (Å²) in [7, 11) is 0. The number of carbonyl (C=O) groups is 3. The number of aliphatic carboxylic acids is 1. The third-order valence-electron chi connectivity index (χ3n) is 4.97. The Balaban J connectivity index is 1.47. The molecule has 2 amide bonds. The molecule has 4 rings (SSSR count). The number of carbonyl (C=O) groups excluding carboxylic acids is 2. The van der Waals surface area contributed by atoms with Gasteiger partial charge in [0, 0.05) is 33.7 Å². The Labute approximate surface area is 220 Å². The molecule has 0 spiro atoms. The van der Waals surface area contributed by atoms with E-state index in [4.69, 9.17) is 5.11 Å². The zero-order valence-corrected chi connectivity index (χ0v) is 20.8. The number of nitrogens with zero attached hydrogens (tertiary/aromatic N) is 1. The number of hydrogen-bond donors (Lipinski definition) is 3. The fourth-order valence-corrected chi connectivity index (χ4v) is 4.99. The summed E-state index contributed by atoms with van der Waals surface area (Å²) < 4.78 is 13.2. The molecule has 1 atom stereocenters. The molecular weight excluding hydrogens is 513 g/mol. The second kappa shape index (κ2) is 12.1. The first kappa shape index (κ1) is 25.8. The Morgan fingerprint density at radius 1 is 0.919 bits per heavy atom. The molecule has 0 radical (unpaired) electrons. The van der Waals surface area contributed by atoms with Gasteiger partial charge in [0.05, 0.1) is 5.69 Å². The van der Waals surface area contributed by atoms with Crippen LogP contribution in [0.1, 0.15) is 10.8 Å². The van der Waals surface area contributed by atoms with Gasteiger partial charge in [-0.05, 0) is 54.1 Å². The van der Waals surface area contributed by atoms with Crippen molar-refractivity contribution in [3.8, 4) is 11.3 Å². The minimum absolute atomic E-state index is 0.257. The summed E-state index contributed by atoms with van der Waals surface area (Å²) in [6.45, 7) is 0. The van der Waals surface area contributed by atoms with Crippen LogP contribution in [0.5, 0.6) is 0 Å². The van der Waals surface area contributed by atoms with Crippen molar-refractivity contribution in [1.29, 1.82) is 0 Å². The second-order valence-corrected chi connectivity index (χ2v) is 9.66. The van der Waals surface area contributed by atoms with E-state index in [1.54, 1.807) is 41.8 Å². The molecule has 0 aliphatic heterocycles. The second-order valence-electron chi connectivity index (χ2n) is 7.63. The van der Waals surface area contributed by atoms with Gasteiger partial charge in [-0.25, -0.2) is 14.2 Å². The lowest BCUT2D eigenvalue weighted by molar-refractivity contribution is -0.131. The molecule has 0 aliphatic carbocycles. The number of nitrogens with one attached hydrogen (secondary N) is 2. The van der Waals surface area contributed by atoms with Crippen molar-refractivity contribution in [2.45, 2.75) is 10.1 Å². The molecule has 0 saturated heterocycles. The number of carboxylic acids is 1. The molecule has 1 unspecified atom stereocenters. The van der Waals surface area contributed by atoms with Crippen LogP contribution in [0.15, 0.2) is 101 Å². The molecule has 1 aromatic heterocycles. The maximum absolute atomic E-state index is 13.3. The van der Waals surface area contributed by atoms with Crippen molar-refractivity contribution in [3.63, 3.8) is 0 Å². The van der Waals surface area contributed by atoms with Crippen LogP contribution in [0.25, 0.3) is 11.3 Å². The van der Waals surface area contributed by atoms with Gasteiger partial charge in [0.15, 0.2) is 5.13 Å². The van der Waals surface area contributed by atoms with Crippen LogP contribution < -0.4 is 10.6 Å². The maximum Gasteiger partial charge on any atom is 0.328 e. The maximum atomic E-state index is 13.3. The zero-order valence-electron chi connectivity index (χ0n) is 19.1. The summed E-state index contributed by atoms with van der Waals surface area (Å²) in [5.74, 6) is -2.36. The minimum atomic E-state index is -1.21. The van der Waals surface area contributed by atoms with Gasteiger partial charge in [-0.3, -0.25) is 9.59 Å². The fourth-order valence-electron chi connectivity index (χ4n) is 3.24. The molecule has 186 valence electrons. The van der Waals surface area contributed by atoms with Crippen LogP contribution in [0, 0.1) is 5.82 Å². The Hall–Kier alpha value is -4.28. The van der Waals surface area contributed by atoms with E-state index >= 15 is 0 Å². The van der Waals surface area contributed by atoms with Crippen LogP contribution in [0.4, 0.5) is 15.2 Å². The highest BCUT2D eigenvalue weighted by Gasteiger charge is 2.23. The number of carboxylic acid groups (broad SMARTS) is 1.